The monoisotopic (exact) mass is 260 g/mol. The van der Waals surface area contributed by atoms with Gasteiger partial charge in [-0.05, 0) is 28.8 Å². The number of nitrogens with zero attached hydrogens (tertiary/aromatic N) is 2. The van der Waals surface area contributed by atoms with Gasteiger partial charge in [-0.3, -0.25) is 0 Å². The van der Waals surface area contributed by atoms with E-state index in [4.69, 9.17) is 11.6 Å². The normalized spacial score (nSPS) is 18.0. The van der Waals surface area contributed by atoms with Crippen LogP contribution in [-0.4, -0.2) is 9.97 Å². The first kappa shape index (κ1) is 9.41. The zero-order valence-corrected chi connectivity index (χ0v) is 9.48. The van der Waals surface area contributed by atoms with Crippen molar-refractivity contribution in [2.24, 2.45) is 0 Å². The fraction of sp³-hybridized carbons (Fsp3) is 0.556. The minimum Gasteiger partial charge on any atom is -0.240 e. The quantitative estimate of drug-likeness (QED) is 0.723. The van der Waals surface area contributed by atoms with Crippen molar-refractivity contribution in [3.63, 3.8) is 0 Å². The SMILES string of the molecule is Clc1ncnc(C2CCCC2)c1Br. The second-order valence-corrected chi connectivity index (χ2v) is 4.50. The second kappa shape index (κ2) is 3.93. The van der Waals surface area contributed by atoms with Crippen molar-refractivity contribution in [1.29, 1.82) is 0 Å². The van der Waals surface area contributed by atoms with Crippen LogP contribution in [-0.2, 0) is 0 Å². The van der Waals surface area contributed by atoms with Gasteiger partial charge in [0.2, 0.25) is 0 Å². The maximum atomic E-state index is 5.89. The molecule has 70 valence electrons. The van der Waals surface area contributed by atoms with Crippen LogP contribution in [0.1, 0.15) is 37.3 Å². The summed E-state index contributed by atoms with van der Waals surface area (Å²) in [6.07, 6.45) is 6.61. The van der Waals surface area contributed by atoms with Crippen LogP contribution >= 0.6 is 27.5 Å². The van der Waals surface area contributed by atoms with E-state index in [1.807, 2.05) is 0 Å². The van der Waals surface area contributed by atoms with E-state index in [0.717, 1.165) is 10.2 Å². The lowest BCUT2D eigenvalue weighted by Gasteiger charge is -2.10. The predicted molar refractivity (Wildman–Crippen MR) is 56.0 cm³/mol. The molecule has 4 heteroatoms. The Morgan fingerprint density at radius 3 is 2.69 bits per heavy atom. The summed E-state index contributed by atoms with van der Waals surface area (Å²) in [4.78, 5) is 8.20. The Hall–Kier alpha value is -0.150. The molecule has 0 atom stereocenters. The number of hydrogen-bond acceptors (Lipinski definition) is 2. The summed E-state index contributed by atoms with van der Waals surface area (Å²) >= 11 is 9.33. The summed E-state index contributed by atoms with van der Waals surface area (Å²) in [6.45, 7) is 0. The van der Waals surface area contributed by atoms with Crippen LogP contribution in [0.3, 0.4) is 0 Å². The molecule has 1 aliphatic rings. The lowest BCUT2D eigenvalue weighted by molar-refractivity contribution is 0.689. The molecule has 0 amide bonds. The summed E-state index contributed by atoms with van der Waals surface area (Å²) in [7, 11) is 0. The Morgan fingerprint density at radius 2 is 2.00 bits per heavy atom. The van der Waals surface area contributed by atoms with Gasteiger partial charge < -0.3 is 0 Å². The van der Waals surface area contributed by atoms with Gasteiger partial charge in [0.1, 0.15) is 11.5 Å². The molecule has 1 aromatic heterocycles. The molecule has 2 nitrogen and oxygen atoms in total. The van der Waals surface area contributed by atoms with E-state index in [0.29, 0.717) is 11.1 Å². The first-order chi connectivity index (χ1) is 6.29. The highest BCUT2D eigenvalue weighted by molar-refractivity contribution is 9.10. The van der Waals surface area contributed by atoms with Gasteiger partial charge in [0, 0.05) is 5.92 Å². The summed E-state index contributed by atoms with van der Waals surface area (Å²) in [5.74, 6) is 0.579. The molecule has 1 fully saturated rings. The van der Waals surface area contributed by atoms with Gasteiger partial charge in [-0.15, -0.1) is 0 Å². The molecule has 0 aromatic carbocycles. The lowest BCUT2D eigenvalue weighted by atomic mass is 10.0. The lowest BCUT2D eigenvalue weighted by Crippen LogP contribution is -1.99. The van der Waals surface area contributed by atoms with E-state index < -0.39 is 0 Å². The first-order valence-electron chi connectivity index (χ1n) is 4.45. The Labute approximate surface area is 90.9 Å². The standard InChI is InChI=1S/C9H10BrClN2/c10-7-8(6-3-1-2-4-6)12-5-13-9(7)11/h5-6H,1-4H2. The molecule has 1 heterocycles. The van der Waals surface area contributed by atoms with Crippen LogP contribution in [0.15, 0.2) is 10.8 Å². The molecule has 2 rings (SSSR count). The minimum absolute atomic E-state index is 0.525. The Morgan fingerprint density at radius 1 is 1.31 bits per heavy atom. The largest absolute Gasteiger partial charge is 0.240 e. The molecule has 0 aliphatic heterocycles. The average Bonchev–Trinajstić information content (AvgIpc) is 2.62. The zero-order valence-electron chi connectivity index (χ0n) is 7.13. The molecule has 0 N–H and O–H groups in total. The van der Waals surface area contributed by atoms with Crippen molar-refractivity contribution in [3.8, 4) is 0 Å². The molecule has 0 unspecified atom stereocenters. The molecular weight excluding hydrogens is 251 g/mol. The van der Waals surface area contributed by atoms with Crippen LogP contribution in [0.2, 0.25) is 5.15 Å². The summed E-state index contributed by atoms with van der Waals surface area (Å²) < 4.78 is 0.878. The van der Waals surface area contributed by atoms with E-state index in [-0.39, 0.29) is 0 Å². The minimum atomic E-state index is 0.525. The van der Waals surface area contributed by atoms with Crippen LogP contribution in [0.5, 0.6) is 0 Å². The second-order valence-electron chi connectivity index (χ2n) is 3.35. The third-order valence-electron chi connectivity index (χ3n) is 2.52. The van der Waals surface area contributed by atoms with E-state index >= 15 is 0 Å². The van der Waals surface area contributed by atoms with E-state index in [1.165, 1.54) is 25.7 Å². The van der Waals surface area contributed by atoms with Crippen molar-refractivity contribution >= 4 is 27.5 Å². The van der Waals surface area contributed by atoms with E-state index in [1.54, 1.807) is 6.33 Å². The molecule has 1 aromatic rings. The molecular formula is C9H10BrClN2. The zero-order chi connectivity index (χ0) is 9.26. The van der Waals surface area contributed by atoms with Crippen molar-refractivity contribution in [3.05, 3.63) is 21.6 Å². The van der Waals surface area contributed by atoms with Gasteiger partial charge in [-0.25, -0.2) is 9.97 Å². The topological polar surface area (TPSA) is 25.8 Å². The van der Waals surface area contributed by atoms with Gasteiger partial charge in [-0.1, -0.05) is 24.4 Å². The summed E-state index contributed by atoms with van der Waals surface area (Å²) in [5, 5.41) is 0.525. The van der Waals surface area contributed by atoms with Crippen molar-refractivity contribution in [2.75, 3.05) is 0 Å². The van der Waals surface area contributed by atoms with Gasteiger partial charge in [0.25, 0.3) is 0 Å². The number of rotatable bonds is 1. The Bertz CT molecular complexity index is 310. The highest BCUT2D eigenvalue weighted by atomic mass is 79.9. The van der Waals surface area contributed by atoms with E-state index in [2.05, 4.69) is 25.9 Å². The molecule has 0 spiro atoms. The molecule has 1 saturated carbocycles. The maximum Gasteiger partial charge on any atom is 0.146 e. The van der Waals surface area contributed by atoms with Crippen LogP contribution < -0.4 is 0 Å². The van der Waals surface area contributed by atoms with Crippen LogP contribution in [0, 0.1) is 0 Å². The number of hydrogen-bond donors (Lipinski definition) is 0. The summed E-state index contributed by atoms with van der Waals surface area (Å²) in [6, 6.07) is 0. The van der Waals surface area contributed by atoms with Gasteiger partial charge >= 0.3 is 0 Å². The fourth-order valence-electron chi connectivity index (χ4n) is 1.84. The smallest absolute Gasteiger partial charge is 0.146 e. The fourth-order valence-corrected chi connectivity index (χ4v) is 2.51. The van der Waals surface area contributed by atoms with E-state index in [9.17, 15) is 0 Å². The Kier molecular flexibility index (Phi) is 2.84. The highest BCUT2D eigenvalue weighted by Crippen LogP contribution is 2.37. The third-order valence-corrected chi connectivity index (χ3v) is 3.81. The van der Waals surface area contributed by atoms with Gasteiger partial charge in [-0.2, -0.15) is 0 Å². The molecule has 0 bridgehead atoms. The third kappa shape index (κ3) is 1.86. The summed E-state index contributed by atoms with van der Waals surface area (Å²) in [5.41, 5.74) is 1.08. The number of aromatic nitrogens is 2. The van der Waals surface area contributed by atoms with Crippen LogP contribution in [0.25, 0.3) is 0 Å². The molecule has 0 saturated heterocycles. The van der Waals surface area contributed by atoms with Crippen molar-refractivity contribution in [2.45, 2.75) is 31.6 Å². The molecule has 13 heavy (non-hydrogen) atoms. The van der Waals surface area contributed by atoms with Crippen molar-refractivity contribution in [1.82, 2.24) is 9.97 Å². The average molecular weight is 262 g/mol. The maximum absolute atomic E-state index is 5.89. The molecule has 1 aliphatic carbocycles. The number of halogens is 2. The Balaban J connectivity index is 2.33. The highest BCUT2D eigenvalue weighted by Gasteiger charge is 2.21. The molecule has 0 radical (unpaired) electrons. The van der Waals surface area contributed by atoms with Crippen LogP contribution in [0.4, 0.5) is 0 Å². The predicted octanol–water partition coefficient (Wildman–Crippen LogP) is 3.55. The first-order valence-corrected chi connectivity index (χ1v) is 5.62. The van der Waals surface area contributed by atoms with Crippen molar-refractivity contribution < 1.29 is 0 Å². The van der Waals surface area contributed by atoms with Gasteiger partial charge in [0.15, 0.2) is 0 Å². The van der Waals surface area contributed by atoms with Gasteiger partial charge in [0.05, 0.1) is 10.2 Å².